The maximum Gasteiger partial charge on any atom is 0.270 e. The summed E-state index contributed by atoms with van der Waals surface area (Å²) in [6, 6.07) is 12.7. The smallest absolute Gasteiger partial charge is 0.270 e. The van der Waals surface area contributed by atoms with Crippen LogP contribution in [0.5, 0.6) is 0 Å². The summed E-state index contributed by atoms with van der Waals surface area (Å²) in [7, 11) is 1.67. The largest absolute Gasteiger partial charge is 0.378 e. The minimum absolute atomic E-state index is 0.134. The molecule has 0 aliphatic carbocycles. The summed E-state index contributed by atoms with van der Waals surface area (Å²) in [5.41, 5.74) is 2.06. The summed E-state index contributed by atoms with van der Waals surface area (Å²) in [6.45, 7) is 5.16. The molecular formula is C22H26N4O5. The van der Waals surface area contributed by atoms with Gasteiger partial charge in [-0.05, 0) is 30.7 Å². The number of rotatable bonds is 7. The Morgan fingerprint density at radius 2 is 1.87 bits per heavy atom. The molecule has 1 N–H and O–H groups in total. The number of amides is 2. The monoisotopic (exact) mass is 426 g/mol. The average molecular weight is 426 g/mol. The van der Waals surface area contributed by atoms with Gasteiger partial charge in [0, 0.05) is 50.1 Å². The van der Waals surface area contributed by atoms with E-state index in [4.69, 9.17) is 4.74 Å². The number of carbonyl (C=O) groups is 2. The zero-order chi connectivity index (χ0) is 22.4. The molecule has 0 unspecified atom stereocenters. The van der Waals surface area contributed by atoms with Crippen molar-refractivity contribution in [2.45, 2.75) is 19.5 Å². The van der Waals surface area contributed by atoms with Crippen LogP contribution < -0.4 is 10.2 Å². The zero-order valence-corrected chi connectivity index (χ0v) is 17.6. The Morgan fingerprint density at radius 3 is 2.52 bits per heavy atom. The number of nitro benzene ring substituents is 1. The summed E-state index contributed by atoms with van der Waals surface area (Å²) >= 11 is 0. The molecular weight excluding hydrogens is 400 g/mol. The van der Waals surface area contributed by atoms with Crippen molar-refractivity contribution in [1.29, 1.82) is 0 Å². The number of non-ortho nitro benzene ring substituents is 1. The third-order valence-corrected chi connectivity index (χ3v) is 5.15. The number of nitro groups is 1. The van der Waals surface area contributed by atoms with Crippen molar-refractivity contribution in [2.75, 3.05) is 38.3 Å². The number of nitrogens with one attached hydrogen (secondary N) is 1. The second kappa shape index (κ2) is 10.0. The van der Waals surface area contributed by atoms with Gasteiger partial charge in [-0.15, -0.1) is 0 Å². The van der Waals surface area contributed by atoms with Crippen LogP contribution in [0.15, 0.2) is 48.5 Å². The topological polar surface area (TPSA) is 105 Å². The van der Waals surface area contributed by atoms with Gasteiger partial charge in [0.1, 0.15) is 6.04 Å². The summed E-state index contributed by atoms with van der Waals surface area (Å²) in [5.74, 6) is -0.788. The summed E-state index contributed by atoms with van der Waals surface area (Å²) in [5, 5.41) is 13.5. The van der Waals surface area contributed by atoms with Gasteiger partial charge in [0.25, 0.3) is 11.6 Å². The lowest BCUT2D eigenvalue weighted by atomic mass is 10.1. The maximum atomic E-state index is 12.7. The van der Waals surface area contributed by atoms with E-state index in [0.717, 1.165) is 37.6 Å². The van der Waals surface area contributed by atoms with Crippen molar-refractivity contribution in [3.05, 3.63) is 69.8 Å². The molecule has 0 saturated carbocycles. The van der Waals surface area contributed by atoms with Gasteiger partial charge in [-0.3, -0.25) is 19.7 Å². The molecule has 1 aliphatic heterocycles. The first kappa shape index (κ1) is 22.2. The first-order valence-corrected chi connectivity index (χ1v) is 10.1. The fourth-order valence-corrected chi connectivity index (χ4v) is 3.42. The Hall–Kier alpha value is -3.46. The van der Waals surface area contributed by atoms with Gasteiger partial charge >= 0.3 is 0 Å². The van der Waals surface area contributed by atoms with Crippen LogP contribution in [0, 0.1) is 10.1 Å². The van der Waals surface area contributed by atoms with Crippen LogP contribution >= 0.6 is 0 Å². The molecule has 0 radical (unpaired) electrons. The highest BCUT2D eigenvalue weighted by Gasteiger charge is 2.21. The van der Waals surface area contributed by atoms with E-state index in [1.807, 2.05) is 24.3 Å². The van der Waals surface area contributed by atoms with Gasteiger partial charge < -0.3 is 19.9 Å². The first-order valence-electron chi connectivity index (χ1n) is 10.1. The molecule has 1 saturated heterocycles. The summed E-state index contributed by atoms with van der Waals surface area (Å²) in [6.07, 6.45) is 0. The highest BCUT2D eigenvalue weighted by Crippen LogP contribution is 2.18. The number of carbonyl (C=O) groups excluding carboxylic acids is 2. The highest BCUT2D eigenvalue weighted by atomic mass is 16.6. The van der Waals surface area contributed by atoms with E-state index in [9.17, 15) is 19.7 Å². The van der Waals surface area contributed by atoms with Crippen molar-refractivity contribution >= 4 is 23.2 Å². The van der Waals surface area contributed by atoms with Gasteiger partial charge in [0.15, 0.2) is 0 Å². The molecule has 2 amide bonds. The van der Waals surface area contributed by atoms with Crippen LogP contribution in [-0.4, -0.2) is 61.0 Å². The normalized spacial score (nSPS) is 14.6. The molecule has 9 nitrogen and oxygen atoms in total. The number of morpholine rings is 1. The molecule has 164 valence electrons. The molecule has 3 rings (SSSR count). The molecule has 0 aromatic heterocycles. The van der Waals surface area contributed by atoms with Crippen molar-refractivity contribution < 1.29 is 19.2 Å². The summed E-state index contributed by atoms with van der Waals surface area (Å²) < 4.78 is 5.37. The molecule has 1 fully saturated rings. The molecule has 31 heavy (non-hydrogen) atoms. The van der Waals surface area contributed by atoms with E-state index in [1.165, 1.54) is 24.3 Å². The van der Waals surface area contributed by atoms with E-state index in [-0.39, 0.29) is 17.2 Å². The van der Waals surface area contributed by atoms with Crippen LogP contribution in [0.3, 0.4) is 0 Å². The number of anilines is 1. The van der Waals surface area contributed by atoms with E-state index in [0.29, 0.717) is 6.54 Å². The fourth-order valence-electron chi connectivity index (χ4n) is 3.42. The molecule has 1 atom stereocenters. The van der Waals surface area contributed by atoms with Crippen molar-refractivity contribution in [3.63, 3.8) is 0 Å². The third-order valence-electron chi connectivity index (χ3n) is 5.15. The van der Waals surface area contributed by atoms with Crippen LogP contribution in [-0.2, 0) is 16.1 Å². The van der Waals surface area contributed by atoms with Crippen LogP contribution in [0.25, 0.3) is 0 Å². The minimum Gasteiger partial charge on any atom is -0.378 e. The second-order valence-corrected chi connectivity index (χ2v) is 7.46. The van der Waals surface area contributed by atoms with Gasteiger partial charge in [-0.1, -0.05) is 18.2 Å². The highest BCUT2D eigenvalue weighted by molar-refractivity contribution is 5.97. The van der Waals surface area contributed by atoms with Gasteiger partial charge in [-0.2, -0.15) is 0 Å². The van der Waals surface area contributed by atoms with E-state index < -0.39 is 16.9 Å². The SMILES string of the molecule is C[C@H](NC(=O)c1cccc([N+](=O)[O-])c1)C(=O)N(C)Cc1ccc(N2CCOCC2)cc1. The molecule has 1 aliphatic rings. The van der Waals surface area contributed by atoms with Crippen molar-refractivity contribution in [2.24, 2.45) is 0 Å². The Kier molecular flexibility index (Phi) is 7.19. The molecule has 1 heterocycles. The Balaban J connectivity index is 1.55. The quantitative estimate of drug-likeness (QED) is 0.538. The third kappa shape index (κ3) is 5.79. The number of hydrogen-bond acceptors (Lipinski definition) is 6. The Morgan fingerprint density at radius 1 is 1.19 bits per heavy atom. The minimum atomic E-state index is -0.774. The first-order chi connectivity index (χ1) is 14.8. The van der Waals surface area contributed by atoms with Crippen LogP contribution in [0.1, 0.15) is 22.8 Å². The van der Waals surface area contributed by atoms with Crippen molar-refractivity contribution in [1.82, 2.24) is 10.2 Å². The standard InChI is InChI=1S/C22H26N4O5/c1-16(23-21(27)18-4-3-5-20(14-18)26(29)30)22(28)24(2)15-17-6-8-19(9-7-17)25-10-12-31-13-11-25/h3-9,14,16H,10-13,15H2,1-2H3,(H,23,27)/t16-/m0/s1. The molecule has 0 bridgehead atoms. The van der Waals surface area contributed by atoms with E-state index >= 15 is 0 Å². The predicted octanol–water partition coefficient (Wildman–Crippen LogP) is 2.21. The Bertz CT molecular complexity index is 941. The predicted molar refractivity (Wildman–Crippen MR) is 116 cm³/mol. The fraction of sp³-hybridized carbons (Fsp3) is 0.364. The molecule has 2 aromatic carbocycles. The number of benzene rings is 2. The van der Waals surface area contributed by atoms with Crippen LogP contribution in [0.2, 0.25) is 0 Å². The van der Waals surface area contributed by atoms with E-state index in [2.05, 4.69) is 10.2 Å². The lowest BCUT2D eigenvalue weighted by Gasteiger charge is -2.29. The van der Waals surface area contributed by atoms with Crippen LogP contribution in [0.4, 0.5) is 11.4 Å². The summed E-state index contributed by atoms with van der Waals surface area (Å²) in [4.78, 5) is 39.2. The van der Waals surface area contributed by atoms with Gasteiger partial charge in [0.2, 0.25) is 5.91 Å². The number of likely N-dealkylation sites (N-methyl/N-ethyl adjacent to an activating group) is 1. The van der Waals surface area contributed by atoms with Gasteiger partial charge in [0.05, 0.1) is 18.1 Å². The van der Waals surface area contributed by atoms with E-state index in [1.54, 1.807) is 18.9 Å². The second-order valence-electron chi connectivity index (χ2n) is 7.46. The number of nitrogens with zero attached hydrogens (tertiary/aromatic N) is 3. The Labute approximate surface area is 180 Å². The lowest BCUT2D eigenvalue weighted by molar-refractivity contribution is -0.384. The molecule has 2 aromatic rings. The van der Waals surface area contributed by atoms with Gasteiger partial charge in [-0.25, -0.2) is 0 Å². The van der Waals surface area contributed by atoms with Crippen molar-refractivity contribution in [3.8, 4) is 0 Å². The maximum absolute atomic E-state index is 12.7. The molecule has 9 heteroatoms. The average Bonchev–Trinajstić information content (AvgIpc) is 2.79. The molecule has 0 spiro atoms. The lowest BCUT2D eigenvalue weighted by Crippen LogP contribution is -2.45. The zero-order valence-electron chi connectivity index (χ0n) is 17.6. The number of hydrogen-bond donors (Lipinski definition) is 1. The number of ether oxygens (including phenoxy) is 1.